The van der Waals surface area contributed by atoms with Gasteiger partial charge in [0.15, 0.2) is 5.82 Å². The lowest BCUT2D eigenvalue weighted by Crippen LogP contribution is -2.46. The van der Waals surface area contributed by atoms with Gasteiger partial charge in [0.2, 0.25) is 5.91 Å². The number of halogens is 1. The minimum absolute atomic E-state index is 0.0406. The summed E-state index contributed by atoms with van der Waals surface area (Å²) in [5.74, 6) is -0.0195. The molecule has 2 aromatic carbocycles. The number of rotatable bonds is 7. The van der Waals surface area contributed by atoms with Gasteiger partial charge < -0.3 is 19.4 Å². The molecule has 8 nitrogen and oxygen atoms in total. The topological polar surface area (TPSA) is 78.9 Å². The van der Waals surface area contributed by atoms with Gasteiger partial charge in [0.05, 0.1) is 11.8 Å². The van der Waals surface area contributed by atoms with Crippen molar-refractivity contribution in [1.29, 1.82) is 0 Å². The van der Waals surface area contributed by atoms with Gasteiger partial charge in [0, 0.05) is 50.5 Å². The van der Waals surface area contributed by atoms with Crippen LogP contribution in [0.15, 0.2) is 60.7 Å². The number of amides is 2. The highest BCUT2D eigenvalue weighted by Crippen LogP contribution is 2.21. The number of nitrogens with zero attached hydrogens (tertiary/aromatic N) is 5. The summed E-state index contributed by atoms with van der Waals surface area (Å²) in [4.78, 5) is 32.2. The van der Waals surface area contributed by atoms with E-state index in [4.69, 9.17) is 4.74 Å². The van der Waals surface area contributed by atoms with Gasteiger partial charge in [-0.05, 0) is 62.6 Å². The monoisotopic (exact) mass is 531 g/mol. The molecule has 3 heterocycles. The predicted molar refractivity (Wildman–Crippen MR) is 147 cm³/mol. The van der Waals surface area contributed by atoms with Crippen LogP contribution in [0.5, 0.6) is 0 Å². The molecule has 9 heteroatoms. The first kappa shape index (κ1) is 26.7. The number of aryl methyl sites for hydroxylation is 1. The highest BCUT2D eigenvalue weighted by Gasteiger charge is 2.28. The van der Waals surface area contributed by atoms with Crippen molar-refractivity contribution in [2.75, 3.05) is 50.8 Å². The Morgan fingerprint density at radius 1 is 0.949 bits per heavy atom. The molecule has 2 fully saturated rings. The van der Waals surface area contributed by atoms with Crippen molar-refractivity contribution in [2.45, 2.75) is 32.3 Å². The third-order valence-electron chi connectivity index (χ3n) is 7.32. The van der Waals surface area contributed by atoms with E-state index in [1.165, 1.54) is 29.8 Å². The maximum absolute atomic E-state index is 13.4. The van der Waals surface area contributed by atoms with E-state index in [0.29, 0.717) is 38.3 Å². The van der Waals surface area contributed by atoms with Crippen molar-refractivity contribution < 1.29 is 18.7 Å². The number of anilines is 1. The second kappa shape index (κ2) is 12.3. The van der Waals surface area contributed by atoms with Crippen molar-refractivity contribution in [1.82, 2.24) is 20.0 Å². The van der Waals surface area contributed by atoms with E-state index in [0.717, 1.165) is 42.9 Å². The highest BCUT2D eigenvalue weighted by molar-refractivity contribution is 5.96. The van der Waals surface area contributed by atoms with Gasteiger partial charge >= 0.3 is 0 Å². The Hall–Kier alpha value is -3.85. The lowest BCUT2D eigenvalue weighted by Gasteiger charge is -2.28. The molecule has 3 aromatic rings. The van der Waals surface area contributed by atoms with Crippen molar-refractivity contribution in [2.24, 2.45) is 0 Å². The van der Waals surface area contributed by atoms with Crippen LogP contribution >= 0.6 is 0 Å². The number of aromatic nitrogens is 2. The van der Waals surface area contributed by atoms with E-state index in [-0.39, 0.29) is 24.5 Å². The number of benzene rings is 2. The van der Waals surface area contributed by atoms with Crippen LogP contribution in [-0.2, 0) is 9.53 Å². The molecule has 39 heavy (non-hydrogen) atoms. The SMILES string of the molecule is Cc1ccc(-c2ccc(N3CCCN(C(=O)CN(C[C@H]4CCCO4)C(=O)c4ccc(F)cc4)CC3)nn2)cc1. The second-order valence-electron chi connectivity index (χ2n) is 10.2. The minimum atomic E-state index is -0.406. The first-order chi connectivity index (χ1) is 19.0. The number of carbonyl (C=O) groups excluding carboxylic acids is 2. The van der Waals surface area contributed by atoms with Crippen LogP contribution in [0.2, 0.25) is 0 Å². The lowest BCUT2D eigenvalue weighted by molar-refractivity contribution is -0.132. The Morgan fingerprint density at radius 3 is 2.44 bits per heavy atom. The van der Waals surface area contributed by atoms with Gasteiger partial charge in [-0.25, -0.2) is 4.39 Å². The van der Waals surface area contributed by atoms with Gasteiger partial charge in [-0.2, -0.15) is 0 Å². The Labute approximate surface area is 228 Å². The predicted octanol–water partition coefficient (Wildman–Crippen LogP) is 3.95. The van der Waals surface area contributed by atoms with E-state index >= 15 is 0 Å². The lowest BCUT2D eigenvalue weighted by atomic mass is 10.1. The first-order valence-electron chi connectivity index (χ1n) is 13.6. The molecule has 0 N–H and O–H groups in total. The molecule has 5 rings (SSSR count). The summed E-state index contributed by atoms with van der Waals surface area (Å²) in [5, 5.41) is 8.89. The summed E-state index contributed by atoms with van der Waals surface area (Å²) in [6.45, 7) is 5.52. The molecule has 2 amide bonds. The van der Waals surface area contributed by atoms with E-state index in [9.17, 15) is 14.0 Å². The first-order valence-corrected chi connectivity index (χ1v) is 13.6. The Kier molecular flexibility index (Phi) is 8.46. The largest absolute Gasteiger partial charge is 0.376 e. The molecule has 2 saturated heterocycles. The molecule has 0 radical (unpaired) electrons. The number of hydrogen-bond acceptors (Lipinski definition) is 6. The van der Waals surface area contributed by atoms with E-state index in [1.54, 1.807) is 4.90 Å². The molecular weight excluding hydrogens is 497 g/mol. The van der Waals surface area contributed by atoms with Gasteiger partial charge in [-0.3, -0.25) is 9.59 Å². The van der Waals surface area contributed by atoms with Crippen molar-refractivity contribution in [3.63, 3.8) is 0 Å². The molecule has 0 aliphatic carbocycles. The zero-order valence-electron chi connectivity index (χ0n) is 22.3. The van der Waals surface area contributed by atoms with Crippen molar-refractivity contribution in [3.05, 3.63) is 77.6 Å². The average molecular weight is 532 g/mol. The van der Waals surface area contributed by atoms with E-state index in [2.05, 4.69) is 34.2 Å². The van der Waals surface area contributed by atoms with Gasteiger partial charge in [0.25, 0.3) is 5.91 Å². The molecule has 0 unspecified atom stereocenters. The fourth-order valence-corrected chi connectivity index (χ4v) is 5.06. The third-order valence-corrected chi connectivity index (χ3v) is 7.32. The molecule has 1 atom stereocenters. The van der Waals surface area contributed by atoms with Crippen molar-refractivity contribution >= 4 is 17.6 Å². The summed E-state index contributed by atoms with van der Waals surface area (Å²) >= 11 is 0. The van der Waals surface area contributed by atoms with Crippen LogP contribution in [0.3, 0.4) is 0 Å². The fourth-order valence-electron chi connectivity index (χ4n) is 5.06. The highest BCUT2D eigenvalue weighted by atomic mass is 19.1. The van der Waals surface area contributed by atoms with Gasteiger partial charge in [-0.1, -0.05) is 29.8 Å². The Balaban J connectivity index is 1.21. The van der Waals surface area contributed by atoms with Crippen LogP contribution in [0, 0.1) is 12.7 Å². The summed E-state index contributed by atoms with van der Waals surface area (Å²) in [6.07, 6.45) is 2.48. The number of ether oxygens (including phenoxy) is 1. The molecular formula is C30H34FN5O3. The minimum Gasteiger partial charge on any atom is -0.376 e. The molecule has 204 valence electrons. The Bertz CT molecular complexity index is 1260. The van der Waals surface area contributed by atoms with E-state index < -0.39 is 5.82 Å². The molecule has 0 spiro atoms. The normalized spacial score (nSPS) is 17.6. The van der Waals surface area contributed by atoms with Gasteiger partial charge in [0.1, 0.15) is 12.4 Å². The molecule has 1 aromatic heterocycles. The average Bonchev–Trinajstić information content (AvgIpc) is 3.34. The number of carbonyl (C=O) groups is 2. The third kappa shape index (κ3) is 6.78. The van der Waals surface area contributed by atoms with Crippen LogP contribution in [-0.4, -0.2) is 83.8 Å². The smallest absolute Gasteiger partial charge is 0.254 e. The molecule has 0 bridgehead atoms. The van der Waals surface area contributed by atoms with Crippen molar-refractivity contribution in [3.8, 4) is 11.3 Å². The fraction of sp³-hybridized carbons (Fsp3) is 0.400. The van der Waals surface area contributed by atoms with Crippen LogP contribution in [0.1, 0.15) is 35.2 Å². The van der Waals surface area contributed by atoms with E-state index in [1.807, 2.05) is 29.2 Å². The summed E-state index contributed by atoms with van der Waals surface area (Å²) in [7, 11) is 0. The van der Waals surface area contributed by atoms with Crippen LogP contribution < -0.4 is 4.90 Å². The Morgan fingerprint density at radius 2 is 1.74 bits per heavy atom. The van der Waals surface area contributed by atoms with Crippen LogP contribution in [0.4, 0.5) is 10.2 Å². The molecule has 2 aliphatic heterocycles. The zero-order chi connectivity index (χ0) is 27.2. The summed E-state index contributed by atoms with van der Waals surface area (Å²) in [5.41, 5.74) is 3.40. The summed E-state index contributed by atoms with van der Waals surface area (Å²) in [6, 6.07) is 17.6. The number of hydrogen-bond donors (Lipinski definition) is 0. The molecule has 2 aliphatic rings. The summed E-state index contributed by atoms with van der Waals surface area (Å²) < 4.78 is 19.2. The second-order valence-corrected chi connectivity index (χ2v) is 10.2. The zero-order valence-corrected chi connectivity index (χ0v) is 22.3. The standard InChI is InChI=1S/C30H34FN5O3/c1-22-5-7-23(8-6-22)27-13-14-28(33-32-27)34-15-3-16-35(18-17-34)29(37)21-36(20-26-4-2-19-39-26)30(38)24-9-11-25(31)12-10-24/h5-14,26H,2-4,15-21H2,1H3/t26-/m1/s1. The quantitative estimate of drug-likeness (QED) is 0.460. The van der Waals surface area contributed by atoms with Crippen LogP contribution in [0.25, 0.3) is 11.3 Å². The van der Waals surface area contributed by atoms with Gasteiger partial charge in [-0.15, -0.1) is 10.2 Å². The molecule has 0 saturated carbocycles. The maximum Gasteiger partial charge on any atom is 0.254 e. The maximum atomic E-state index is 13.4.